The van der Waals surface area contributed by atoms with Crippen LogP contribution in [-0.2, 0) is 11.2 Å². The quantitative estimate of drug-likeness (QED) is 0.877. The van der Waals surface area contributed by atoms with Crippen molar-refractivity contribution in [2.45, 2.75) is 26.7 Å². The van der Waals surface area contributed by atoms with Gasteiger partial charge in [0.25, 0.3) is 0 Å². The molecule has 1 aliphatic heterocycles. The summed E-state index contributed by atoms with van der Waals surface area (Å²) < 4.78 is 0. The molecule has 0 radical (unpaired) electrons. The van der Waals surface area contributed by atoms with Crippen LogP contribution >= 0.6 is 23.7 Å². The zero-order chi connectivity index (χ0) is 11.6. The predicted molar refractivity (Wildman–Crippen MR) is 70.8 cm³/mol. The molecule has 1 saturated heterocycles. The molecule has 1 amide bonds. The fourth-order valence-corrected chi connectivity index (χ4v) is 2.38. The van der Waals surface area contributed by atoms with E-state index in [9.17, 15) is 4.79 Å². The molecule has 2 heterocycles. The van der Waals surface area contributed by atoms with E-state index in [1.54, 1.807) is 0 Å². The van der Waals surface area contributed by atoms with Crippen LogP contribution < -0.4 is 10.6 Å². The lowest BCUT2D eigenvalue weighted by molar-refractivity contribution is -0.123. The van der Waals surface area contributed by atoms with Crippen molar-refractivity contribution in [2.24, 2.45) is 5.41 Å². The molecule has 2 N–H and O–H groups in total. The first-order valence-corrected chi connectivity index (χ1v) is 6.30. The van der Waals surface area contributed by atoms with E-state index in [1.165, 1.54) is 11.3 Å². The van der Waals surface area contributed by atoms with Gasteiger partial charge in [0.2, 0.25) is 11.0 Å². The molecule has 0 aliphatic carbocycles. The number of carbonyl (C=O) groups excluding carboxylic acids is 1. The van der Waals surface area contributed by atoms with E-state index in [0.29, 0.717) is 5.13 Å². The lowest BCUT2D eigenvalue weighted by atomic mass is 9.89. The third-order valence-electron chi connectivity index (χ3n) is 2.91. The monoisotopic (exact) mass is 276 g/mol. The van der Waals surface area contributed by atoms with E-state index in [2.05, 4.69) is 20.8 Å². The van der Waals surface area contributed by atoms with Crippen molar-refractivity contribution >= 4 is 34.8 Å². The first kappa shape index (κ1) is 14.3. The maximum absolute atomic E-state index is 12.0. The Morgan fingerprint density at radius 2 is 2.35 bits per heavy atom. The number of carbonyl (C=O) groups is 1. The average molecular weight is 277 g/mol. The van der Waals surface area contributed by atoms with Crippen molar-refractivity contribution in [2.75, 3.05) is 18.4 Å². The molecule has 0 bridgehead atoms. The smallest absolute Gasteiger partial charge is 0.233 e. The van der Waals surface area contributed by atoms with E-state index < -0.39 is 0 Å². The summed E-state index contributed by atoms with van der Waals surface area (Å²) in [5, 5.41) is 15.5. The lowest BCUT2D eigenvalue weighted by Gasteiger charge is -2.20. The van der Waals surface area contributed by atoms with Crippen LogP contribution in [0.15, 0.2) is 0 Å². The Bertz CT molecular complexity index is 389. The van der Waals surface area contributed by atoms with Gasteiger partial charge in [-0.1, -0.05) is 18.3 Å². The van der Waals surface area contributed by atoms with Crippen molar-refractivity contribution in [3.05, 3.63) is 5.01 Å². The van der Waals surface area contributed by atoms with Gasteiger partial charge in [-0.2, -0.15) is 0 Å². The Hall–Kier alpha value is -0.720. The molecule has 2 rings (SSSR count). The van der Waals surface area contributed by atoms with Crippen LogP contribution in [0.5, 0.6) is 0 Å². The molecule has 17 heavy (non-hydrogen) atoms. The van der Waals surface area contributed by atoms with Crippen LogP contribution in [0.25, 0.3) is 0 Å². The van der Waals surface area contributed by atoms with Crippen molar-refractivity contribution < 1.29 is 4.79 Å². The summed E-state index contributed by atoms with van der Waals surface area (Å²) in [6.07, 6.45) is 1.73. The number of halogens is 1. The normalized spacial score (nSPS) is 23.2. The average Bonchev–Trinajstić information content (AvgIpc) is 2.88. The summed E-state index contributed by atoms with van der Waals surface area (Å²) in [5.41, 5.74) is -0.307. The molecule has 1 aliphatic rings. The highest BCUT2D eigenvalue weighted by Crippen LogP contribution is 2.27. The zero-order valence-corrected chi connectivity index (χ0v) is 11.6. The van der Waals surface area contributed by atoms with E-state index in [-0.39, 0.29) is 23.7 Å². The number of rotatable bonds is 3. The molecule has 1 aromatic heterocycles. The Morgan fingerprint density at radius 3 is 2.88 bits per heavy atom. The van der Waals surface area contributed by atoms with Gasteiger partial charge in [-0.05, 0) is 26.3 Å². The summed E-state index contributed by atoms with van der Waals surface area (Å²) >= 11 is 1.44. The van der Waals surface area contributed by atoms with Gasteiger partial charge in [-0.15, -0.1) is 22.6 Å². The third kappa shape index (κ3) is 3.14. The summed E-state index contributed by atoms with van der Waals surface area (Å²) in [6, 6.07) is 0. The summed E-state index contributed by atoms with van der Waals surface area (Å²) in [5.74, 6) is 0.0382. The minimum Gasteiger partial charge on any atom is -0.316 e. The fourth-order valence-electron chi connectivity index (χ4n) is 1.71. The Labute approximate surface area is 111 Å². The molecule has 1 unspecified atom stereocenters. The van der Waals surface area contributed by atoms with Gasteiger partial charge in [-0.25, -0.2) is 0 Å². The largest absolute Gasteiger partial charge is 0.316 e. The fraction of sp³-hybridized carbons (Fsp3) is 0.700. The van der Waals surface area contributed by atoms with Crippen LogP contribution in [-0.4, -0.2) is 29.2 Å². The molecule has 1 aromatic rings. The number of amides is 1. The molecule has 1 atom stereocenters. The van der Waals surface area contributed by atoms with Gasteiger partial charge in [0.05, 0.1) is 5.41 Å². The molecule has 0 saturated carbocycles. The SMILES string of the molecule is CCc1nnc(NC(=O)C2(C)CCNC2)s1.Cl. The number of nitrogens with zero attached hydrogens (tertiary/aromatic N) is 2. The lowest BCUT2D eigenvalue weighted by Crippen LogP contribution is -2.35. The highest BCUT2D eigenvalue weighted by atomic mass is 35.5. The van der Waals surface area contributed by atoms with Gasteiger partial charge in [0, 0.05) is 6.54 Å². The number of hydrogen-bond acceptors (Lipinski definition) is 5. The number of aromatic nitrogens is 2. The van der Waals surface area contributed by atoms with Crippen molar-refractivity contribution in [1.82, 2.24) is 15.5 Å². The number of anilines is 1. The molecule has 0 aromatic carbocycles. The Balaban J connectivity index is 0.00000144. The molecule has 1 fully saturated rings. The second-order valence-electron chi connectivity index (χ2n) is 4.30. The van der Waals surface area contributed by atoms with Crippen LogP contribution in [0.4, 0.5) is 5.13 Å². The summed E-state index contributed by atoms with van der Waals surface area (Å²) in [4.78, 5) is 12.0. The molecular formula is C10H17ClN4OS. The van der Waals surface area contributed by atoms with E-state index in [4.69, 9.17) is 0 Å². The molecule has 0 spiro atoms. The van der Waals surface area contributed by atoms with Gasteiger partial charge in [0.15, 0.2) is 0 Å². The van der Waals surface area contributed by atoms with E-state index in [1.807, 2.05) is 13.8 Å². The van der Waals surface area contributed by atoms with Crippen LogP contribution in [0.3, 0.4) is 0 Å². The first-order chi connectivity index (χ1) is 7.64. The Kier molecular flexibility index (Phi) is 4.85. The van der Waals surface area contributed by atoms with Crippen molar-refractivity contribution in [1.29, 1.82) is 0 Å². The zero-order valence-electron chi connectivity index (χ0n) is 9.95. The number of aryl methyl sites for hydroxylation is 1. The minimum absolute atomic E-state index is 0. The van der Waals surface area contributed by atoms with Crippen molar-refractivity contribution in [3.8, 4) is 0 Å². The maximum Gasteiger partial charge on any atom is 0.233 e. The van der Waals surface area contributed by atoms with Crippen molar-refractivity contribution in [3.63, 3.8) is 0 Å². The van der Waals surface area contributed by atoms with Gasteiger partial charge in [0.1, 0.15) is 5.01 Å². The van der Waals surface area contributed by atoms with Gasteiger partial charge >= 0.3 is 0 Å². The molecule has 5 nitrogen and oxygen atoms in total. The first-order valence-electron chi connectivity index (χ1n) is 5.48. The van der Waals surface area contributed by atoms with Crippen LogP contribution in [0.2, 0.25) is 0 Å². The topological polar surface area (TPSA) is 66.9 Å². The highest BCUT2D eigenvalue weighted by Gasteiger charge is 2.36. The molecule has 7 heteroatoms. The van der Waals surface area contributed by atoms with Gasteiger partial charge < -0.3 is 10.6 Å². The minimum atomic E-state index is -0.307. The second kappa shape index (κ2) is 5.75. The third-order valence-corrected chi connectivity index (χ3v) is 3.89. The standard InChI is InChI=1S/C10H16N4OS.ClH/c1-3-7-13-14-9(16-7)12-8(15)10(2)4-5-11-6-10;/h11H,3-6H2,1-2H3,(H,12,14,15);1H. The van der Waals surface area contributed by atoms with Crippen LogP contribution in [0, 0.1) is 5.41 Å². The molecular weight excluding hydrogens is 260 g/mol. The predicted octanol–water partition coefficient (Wildman–Crippen LogP) is 1.46. The summed E-state index contributed by atoms with van der Waals surface area (Å²) in [6.45, 7) is 5.64. The van der Waals surface area contributed by atoms with Gasteiger partial charge in [-0.3, -0.25) is 4.79 Å². The highest BCUT2D eigenvalue weighted by molar-refractivity contribution is 7.15. The maximum atomic E-state index is 12.0. The second-order valence-corrected chi connectivity index (χ2v) is 5.36. The Morgan fingerprint density at radius 1 is 1.59 bits per heavy atom. The van der Waals surface area contributed by atoms with E-state index >= 15 is 0 Å². The van der Waals surface area contributed by atoms with E-state index in [0.717, 1.165) is 30.9 Å². The van der Waals surface area contributed by atoms with Crippen LogP contribution in [0.1, 0.15) is 25.3 Å². The number of hydrogen-bond donors (Lipinski definition) is 2. The number of nitrogens with one attached hydrogen (secondary N) is 2. The molecule has 96 valence electrons. The summed E-state index contributed by atoms with van der Waals surface area (Å²) in [7, 11) is 0.